The van der Waals surface area contributed by atoms with Crippen molar-refractivity contribution in [3.8, 4) is 5.75 Å². The second kappa shape index (κ2) is 6.58. The molecule has 0 spiro atoms. The Kier molecular flexibility index (Phi) is 4.80. The van der Waals surface area contributed by atoms with Crippen molar-refractivity contribution in [1.29, 1.82) is 0 Å². The van der Waals surface area contributed by atoms with Crippen LogP contribution in [0.2, 0.25) is 0 Å². The first-order chi connectivity index (χ1) is 10.1. The molecular formula is C15H21FN4O. The summed E-state index contributed by atoms with van der Waals surface area (Å²) in [5.74, 6) is -0.187. The number of halogens is 1. The van der Waals surface area contributed by atoms with Crippen LogP contribution < -0.4 is 15.8 Å². The molecule has 3 N–H and O–H groups in total. The van der Waals surface area contributed by atoms with Crippen molar-refractivity contribution in [2.75, 3.05) is 19.0 Å². The predicted molar refractivity (Wildman–Crippen MR) is 81.0 cm³/mol. The van der Waals surface area contributed by atoms with E-state index in [4.69, 9.17) is 10.5 Å². The van der Waals surface area contributed by atoms with E-state index in [2.05, 4.69) is 28.7 Å². The molecule has 5 nitrogen and oxygen atoms in total. The Bertz CT molecular complexity index is 597. The van der Waals surface area contributed by atoms with Gasteiger partial charge >= 0.3 is 0 Å². The monoisotopic (exact) mass is 292 g/mol. The molecule has 0 bridgehead atoms. The fraction of sp³-hybridized carbons (Fsp3) is 0.400. The highest BCUT2D eigenvalue weighted by molar-refractivity contribution is 5.50. The van der Waals surface area contributed by atoms with E-state index in [1.807, 2.05) is 0 Å². The van der Waals surface area contributed by atoms with Gasteiger partial charge in [0.05, 0.1) is 31.4 Å². The van der Waals surface area contributed by atoms with Gasteiger partial charge in [-0.1, -0.05) is 0 Å². The summed E-state index contributed by atoms with van der Waals surface area (Å²) in [7, 11) is 1.44. The van der Waals surface area contributed by atoms with Crippen LogP contribution in [0.15, 0.2) is 30.7 Å². The van der Waals surface area contributed by atoms with Gasteiger partial charge in [-0.25, -0.2) is 9.37 Å². The normalized spacial score (nSPS) is 12.5. The van der Waals surface area contributed by atoms with Crippen LogP contribution in [0.1, 0.15) is 31.6 Å². The highest BCUT2D eigenvalue weighted by atomic mass is 19.1. The van der Waals surface area contributed by atoms with E-state index in [0.717, 1.165) is 11.4 Å². The molecule has 0 saturated heterocycles. The number of imidazole rings is 1. The molecule has 1 heterocycles. The summed E-state index contributed by atoms with van der Waals surface area (Å²) < 4.78 is 20.5. The summed E-state index contributed by atoms with van der Waals surface area (Å²) in [6.45, 7) is 4.57. The molecule has 1 unspecified atom stereocenters. The molecule has 2 aromatic rings. The van der Waals surface area contributed by atoms with Gasteiger partial charge in [-0.3, -0.25) is 0 Å². The number of nitrogens with zero attached hydrogens (tertiary/aromatic N) is 2. The zero-order valence-corrected chi connectivity index (χ0v) is 12.5. The van der Waals surface area contributed by atoms with Gasteiger partial charge in [0.25, 0.3) is 0 Å². The SMILES string of the molecule is COc1cc(NC(CN)c2cncn2C(C)C)ccc1F. The summed E-state index contributed by atoms with van der Waals surface area (Å²) >= 11 is 0. The zero-order valence-electron chi connectivity index (χ0n) is 12.5. The summed E-state index contributed by atoms with van der Waals surface area (Å²) in [4.78, 5) is 4.18. The lowest BCUT2D eigenvalue weighted by Gasteiger charge is -2.22. The standard InChI is InChI=1S/C15H21FN4O/c1-10(2)20-9-18-8-14(20)13(7-17)19-11-4-5-12(16)15(6-11)21-3/h4-6,8-10,13,19H,7,17H2,1-3H3. The van der Waals surface area contributed by atoms with Gasteiger partial charge < -0.3 is 20.4 Å². The number of nitrogens with two attached hydrogens (primary N) is 1. The first kappa shape index (κ1) is 15.3. The Morgan fingerprint density at radius 1 is 1.43 bits per heavy atom. The van der Waals surface area contributed by atoms with Gasteiger partial charge in [0.2, 0.25) is 0 Å². The van der Waals surface area contributed by atoms with E-state index in [1.165, 1.54) is 13.2 Å². The molecule has 0 aliphatic heterocycles. The Labute approximate surface area is 123 Å². The largest absolute Gasteiger partial charge is 0.494 e. The second-order valence-electron chi connectivity index (χ2n) is 5.10. The Morgan fingerprint density at radius 2 is 2.19 bits per heavy atom. The predicted octanol–water partition coefficient (Wildman–Crippen LogP) is 2.72. The van der Waals surface area contributed by atoms with Crippen molar-refractivity contribution in [3.63, 3.8) is 0 Å². The topological polar surface area (TPSA) is 65.1 Å². The lowest BCUT2D eigenvalue weighted by Crippen LogP contribution is -2.24. The van der Waals surface area contributed by atoms with Gasteiger partial charge in [-0.05, 0) is 26.0 Å². The van der Waals surface area contributed by atoms with Crippen LogP contribution in [0.25, 0.3) is 0 Å². The molecule has 0 aliphatic carbocycles. The molecule has 114 valence electrons. The lowest BCUT2D eigenvalue weighted by molar-refractivity contribution is 0.386. The highest BCUT2D eigenvalue weighted by Gasteiger charge is 2.16. The number of nitrogens with one attached hydrogen (secondary N) is 1. The fourth-order valence-electron chi connectivity index (χ4n) is 2.22. The van der Waals surface area contributed by atoms with E-state index in [0.29, 0.717) is 12.6 Å². The first-order valence-electron chi connectivity index (χ1n) is 6.88. The minimum Gasteiger partial charge on any atom is -0.494 e. The van der Waals surface area contributed by atoms with Crippen molar-refractivity contribution in [2.24, 2.45) is 5.73 Å². The quantitative estimate of drug-likeness (QED) is 0.859. The van der Waals surface area contributed by atoms with Crippen LogP contribution in [0.3, 0.4) is 0 Å². The van der Waals surface area contributed by atoms with Crippen LogP contribution in [0.4, 0.5) is 10.1 Å². The number of ether oxygens (including phenoxy) is 1. The smallest absolute Gasteiger partial charge is 0.165 e. The van der Waals surface area contributed by atoms with Crippen molar-refractivity contribution < 1.29 is 9.13 Å². The number of hydrogen-bond donors (Lipinski definition) is 2. The van der Waals surface area contributed by atoms with E-state index in [9.17, 15) is 4.39 Å². The third-order valence-electron chi connectivity index (χ3n) is 3.34. The van der Waals surface area contributed by atoms with Gasteiger partial charge in [0, 0.05) is 24.3 Å². The van der Waals surface area contributed by atoms with Crippen LogP contribution in [-0.4, -0.2) is 23.2 Å². The van der Waals surface area contributed by atoms with Crippen molar-refractivity contribution in [3.05, 3.63) is 42.2 Å². The second-order valence-corrected chi connectivity index (χ2v) is 5.10. The average molecular weight is 292 g/mol. The number of aromatic nitrogens is 2. The maximum atomic E-state index is 13.4. The molecular weight excluding hydrogens is 271 g/mol. The Hall–Kier alpha value is -2.08. The van der Waals surface area contributed by atoms with Crippen molar-refractivity contribution in [1.82, 2.24) is 9.55 Å². The molecule has 1 aromatic heterocycles. The molecule has 21 heavy (non-hydrogen) atoms. The summed E-state index contributed by atoms with van der Waals surface area (Å²) in [5, 5.41) is 3.30. The van der Waals surface area contributed by atoms with Crippen LogP contribution in [0, 0.1) is 5.82 Å². The number of rotatable bonds is 6. The first-order valence-corrected chi connectivity index (χ1v) is 6.88. The van der Waals surface area contributed by atoms with Crippen molar-refractivity contribution in [2.45, 2.75) is 25.9 Å². The van der Waals surface area contributed by atoms with Gasteiger partial charge in [0.15, 0.2) is 11.6 Å². The van der Waals surface area contributed by atoms with Gasteiger partial charge in [0.1, 0.15) is 0 Å². The van der Waals surface area contributed by atoms with E-state index < -0.39 is 0 Å². The van der Waals surface area contributed by atoms with Crippen LogP contribution in [-0.2, 0) is 0 Å². The fourth-order valence-corrected chi connectivity index (χ4v) is 2.22. The van der Waals surface area contributed by atoms with Gasteiger partial charge in [-0.15, -0.1) is 0 Å². The van der Waals surface area contributed by atoms with E-state index >= 15 is 0 Å². The molecule has 6 heteroatoms. The zero-order chi connectivity index (χ0) is 15.4. The molecule has 0 fully saturated rings. The molecule has 0 amide bonds. The van der Waals surface area contributed by atoms with E-state index in [1.54, 1.807) is 24.7 Å². The van der Waals surface area contributed by atoms with Crippen LogP contribution in [0.5, 0.6) is 5.75 Å². The molecule has 0 aliphatic rings. The van der Waals surface area contributed by atoms with Crippen molar-refractivity contribution >= 4 is 5.69 Å². The average Bonchev–Trinajstić information content (AvgIpc) is 2.95. The van der Waals surface area contributed by atoms with Gasteiger partial charge in [-0.2, -0.15) is 0 Å². The Balaban J connectivity index is 2.25. The third kappa shape index (κ3) is 3.33. The molecule has 1 atom stereocenters. The number of benzene rings is 1. The van der Waals surface area contributed by atoms with Crippen LogP contribution >= 0.6 is 0 Å². The van der Waals surface area contributed by atoms with E-state index in [-0.39, 0.29) is 17.6 Å². The lowest BCUT2D eigenvalue weighted by atomic mass is 10.2. The maximum Gasteiger partial charge on any atom is 0.165 e. The summed E-state index contributed by atoms with van der Waals surface area (Å²) in [6.07, 6.45) is 3.58. The minimum absolute atomic E-state index is 0.106. The highest BCUT2D eigenvalue weighted by Crippen LogP contribution is 2.25. The Morgan fingerprint density at radius 3 is 2.81 bits per heavy atom. The third-order valence-corrected chi connectivity index (χ3v) is 3.34. The minimum atomic E-state index is -0.389. The number of methoxy groups -OCH3 is 1. The molecule has 1 aromatic carbocycles. The maximum absolute atomic E-state index is 13.4. The molecule has 2 rings (SSSR count). The number of anilines is 1. The summed E-state index contributed by atoms with van der Waals surface area (Å²) in [5.41, 5.74) is 7.62. The molecule has 0 saturated carbocycles. The number of hydrogen-bond acceptors (Lipinski definition) is 4. The molecule has 0 radical (unpaired) electrons. The summed E-state index contributed by atoms with van der Waals surface area (Å²) in [6, 6.07) is 4.84.